The van der Waals surface area contributed by atoms with Crippen molar-refractivity contribution in [2.24, 2.45) is 10.9 Å². The molecule has 0 aromatic heterocycles. The van der Waals surface area contributed by atoms with E-state index in [0.29, 0.717) is 43.0 Å². The highest BCUT2D eigenvalue weighted by atomic mass is 16.7. The third-order valence-corrected chi connectivity index (χ3v) is 8.18. The SMILES string of the molecule is CCC1=C(C(=O)OCCCOc2ccc(CCCCOC3CCCCO3)cc2)C(c2cccc([N+](=O)[O-])c2)C(C(=O)OC)C(C)=N1. The van der Waals surface area contributed by atoms with Gasteiger partial charge in [-0.1, -0.05) is 31.2 Å². The minimum atomic E-state index is -0.930. The van der Waals surface area contributed by atoms with E-state index in [1.807, 2.05) is 19.1 Å². The molecule has 2 aromatic rings. The zero-order valence-electron chi connectivity index (χ0n) is 26.9. The summed E-state index contributed by atoms with van der Waals surface area (Å²) in [7, 11) is 1.26. The summed E-state index contributed by atoms with van der Waals surface area (Å²) in [6, 6.07) is 13.9. The van der Waals surface area contributed by atoms with Gasteiger partial charge in [-0.05, 0) is 75.1 Å². The molecule has 0 bridgehead atoms. The van der Waals surface area contributed by atoms with Crippen LogP contribution in [0.2, 0.25) is 0 Å². The lowest BCUT2D eigenvalue weighted by Gasteiger charge is -2.31. The minimum absolute atomic E-state index is 0.0402. The molecule has 11 nitrogen and oxygen atoms in total. The average molecular weight is 637 g/mol. The Bertz CT molecular complexity index is 1400. The number of esters is 2. The Hall–Kier alpha value is -4.09. The highest BCUT2D eigenvalue weighted by Crippen LogP contribution is 2.41. The molecule has 2 aromatic carbocycles. The monoisotopic (exact) mass is 636 g/mol. The van der Waals surface area contributed by atoms with Gasteiger partial charge in [0.25, 0.3) is 5.69 Å². The molecule has 3 unspecified atom stereocenters. The second-order valence-corrected chi connectivity index (χ2v) is 11.4. The lowest BCUT2D eigenvalue weighted by Crippen LogP contribution is -2.36. The number of allylic oxidation sites excluding steroid dienone is 1. The van der Waals surface area contributed by atoms with E-state index in [2.05, 4.69) is 17.1 Å². The fraction of sp³-hybridized carbons (Fsp3) is 0.514. The third-order valence-electron chi connectivity index (χ3n) is 8.18. The van der Waals surface area contributed by atoms with Crippen molar-refractivity contribution in [3.63, 3.8) is 0 Å². The van der Waals surface area contributed by atoms with Gasteiger partial charge < -0.3 is 23.7 Å². The Morgan fingerprint density at radius 3 is 2.54 bits per heavy atom. The van der Waals surface area contributed by atoms with Crippen LogP contribution in [0, 0.1) is 16.0 Å². The summed E-state index contributed by atoms with van der Waals surface area (Å²) in [4.78, 5) is 42.0. The fourth-order valence-corrected chi connectivity index (χ4v) is 5.80. The first kappa shape index (κ1) is 34.8. The van der Waals surface area contributed by atoms with Crippen molar-refractivity contribution in [2.45, 2.75) is 77.4 Å². The molecule has 2 heterocycles. The number of aryl methyl sites for hydroxylation is 1. The van der Waals surface area contributed by atoms with Gasteiger partial charge in [0.15, 0.2) is 6.29 Å². The number of non-ortho nitro benzene ring substituents is 1. The number of carbonyl (C=O) groups is 2. The van der Waals surface area contributed by atoms with Crippen molar-refractivity contribution in [1.82, 2.24) is 0 Å². The van der Waals surface area contributed by atoms with Gasteiger partial charge in [0, 0.05) is 43.4 Å². The van der Waals surface area contributed by atoms with Crippen LogP contribution in [0.4, 0.5) is 5.69 Å². The number of rotatable bonds is 16. The van der Waals surface area contributed by atoms with Crippen LogP contribution in [0.15, 0.2) is 64.8 Å². The van der Waals surface area contributed by atoms with E-state index in [1.54, 1.807) is 13.0 Å². The van der Waals surface area contributed by atoms with Gasteiger partial charge in [0.1, 0.15) is 11.7 Å². The zero-order chi connectivity index (χ0) is 32.9. The van der Waals surface area contributed by atoms with Crippen molar-refractivity contribution >= 4 is 23.3 Å². The molecular formula is C35H44N2O9. The van der Waals surface area contributed by atoms with Gasteiger partial charge in [0.05, 0.1) is 36.5 Å². The number of benzene rings is 2. The summed E-state index contributed by atoms with van der Waals surface area (Å²) in [6.07, 6.45) is 7.05. The topological polar surface area (TPSA) is 136 Å². The molecule has 0 spiro atoms. The number of nitro groups is 1. The molecule has 11 heteroatoms. The number of nitro benzene ring substituents is 1. The van der Waals surface area contributed by atoms with Gasteiger partial charge in [-0.25, -0.2) is 4.79 Å². The minimum Gasteiger partial charge on any atom is -0.493 e. The average Bonchev–Trinajstić information content (AvgIpc) is 3.08. The molecule has 248 valence electrons. The predicted octanol–water partition coefficient (Wildman–Crippen LogP) is 6.48. The van der Waals surface area contributed by atoms with Crippen LogP contribution in [0.1, 0.15) is 75.8 Å². The smallest absolute Gasteiger partial charge is 0.336 e. The second-order valence-electron chi connectivity index (χ2n) is 11.4. The molecule has 4 rings (SSSR count). The van der Waals surface area contributed by atoms with E-state index in [9.17, 15) is 19.7 Å². The Labute approximate surface area is 270 Å². The van der Waals surface area contributed by atoms with Crippen LogP contribution in [0.25, 0.3) is 0 Å². The molecule has 1 saturated heterocycles. The number of aliphatic imine (C=N–C) groups is 1. The largest absolute Gasteiger partial charge is 0.493 e. The van der Waals surface area contributed by atoms with E-state index in [0.717, 1.165) is 44.5 Å². The van der Waals surface area contributed by atoms with Crippen molar-refractivity contribution in [2.75, 3.05) is 33.5 Å². The van der Waals surface area contributed by atoms with Crippen LogP contribution in [-0.4, -0.2) is 62.4 Å². The van der Waals surface area contributed by atoms with E-state index in [1.165, 1.54) is 37.3 Å². The number of hydrogen-bond donors (Lipinski definition) is 0. The van der Waals surface area contributed by atoms with Crippen molar-refractivity contribution in [1.29, 1.82) is 0 Å². The summed E-state index contributed by atoms with van der Waals surface area (Å²) in [6.45, 7) is 5.46. The molecule has 3 atom stereocenters. The summed E-state index contributed by atoms with van der Waals surface area (Å²) < 4.78 is 28.0. The maximum atomic E-state index is 13.5. The van der Waals surface area contributed by atoms with E-state index >= 15 is 0 Å². The Kier molecular flexibility index (Phi) is 13.3. The molecule has 0 radical (unpaired) electrons. The molecule has 1 fully saturated rings. The van der Waals surface area contributed by atoms with E-state index in [-0.39, 0.29) is 24.2 Å². The van der Waals surface area contributed by atoms with Gasteiger partial charge >= 0.3 is 11.9 Å². The van der Waals surface area contributed by atoms with Crippen molar-refractivity contribution in [3.05, 3.63) is 81.0 Å². The first-order valence-corrected chi connectivity index (χ1v) is 16.0. The number of unbranched alkanes of at least 4 members (excludes halogenated alkanes) is 1. The maximum Gasteiger partial charge on any atom is 0.336 e. The molecule has 0 aliphatic carbocycles. The lowest BCUT2D eigenvalue weighted by molar-refractivity contribution is -0.384. The van der Waals surface area contributed by atoms with Crippen LogP contribution >= 0.6 is 0 Å². The molecule has 0 amide bonds. The number of nitrogens with zero attached hydrogens (tertiary/aromatic N) is 2. The normalized spacial score (nSPS) is 19.7. The highest BCUT2D eigenvalue weighted by Gasteiger charge is 2.43. The summed E-state index contributed by atoms with van der Waals surface area (Å²) in [5.41, 5.74) is 2.66. The van der Waals surface area contributed by atoms with Crippen LogP contribution in [0.3, 0.4) is 0 Å². The zero-order valence-corrected chi connectivity index (χ0v) is 26.9. The molecule has 2 aliphatic heterocycles. The Balaban J connectivity index is 1.29. The van der Waals surface area contributed by atoms with Gasteiger partial charge in [-0.15, -0.1) is 0 Å². The molecule has 0 saturated carbocycles. The standard InChI is InChI=1S/C35H44N2O9/c1-4-29-33(32(31(24(2)36-29)34(38)42-3)26-12-9-13-27(23-26)37(40)41)35(39)46-22-10-21-43-28-17-15-25(16-18-28)11-5-7-19-44-30-14-6-8-20-45-30/h9,12-13,15-18,23,30-32H,4-8,10-11,14,19-22H2,1-3H3. The Morgan fingerprint density at radius 2 is 1.85 bits per heavy atom. The lowest BCUT2D eigenvalue weighted by atomic mass is 9.75. The number of carbonyl (C=O) groups excluding carboxylic acids is 2. The molecule has 46 heavy (non-hydrogen) atoms. The highest BCUT2D eigenvalue weighted by molar-refractivity contribution is 6.07. The summed E-state index contributed by atoms with van der Waals surface area (Å²) in [5, 5.41) is 11.5. The van der Waals surface area contributed by atoms with Crippen LogP contribution in [0.5, 0.6) is 5.75 Å². The summed E-state index contributed by atoms with van der Waals surface area (Å²) in [5.74, 6) is -2.26. The Morgan fingerprint density at radius 1 is 1.04 bits per heavy atom. The van der Waals surface area contributed by atoms with E-state index < -0.39 is 28.7 Å². The fourth-order valence-electron chi connectivity index (χ4n) is 5.80. The number of ether oxygens (including phenoxy) is 5. The second kappa shape index (κ2) is 17.6. The molecule has 2 aliphatic rings. The third kappa shape index (κ3) is 9.46. The predicted molar refractivity (Wildman–Crippen MR) is 172 cm³/mol. The molecule has 0 N–H and O–H groups in total. The number of methoxy groups -OCH3 is 1. The van der Waals surface area contributed by atoms with Gasteiger partial charge in [-0.2, -0.15) is 0 Å². The quantitative estimate of drug-likeness (QED) is 0.0877. The van der Waals surface area contributed by atoms with Gasteiger partial charge in [0.2, 0.25) is 0 Å². The maximum absolute atomic E-state index is 13.5. The van der Waals surface area contributed by atoms with E-state index in [4.69, 9.17) is 23.7 Å². The van der Waals surface area contributed by atoms with Crippen molar-refractivity contribution in [3.8, 4) is 5.75 Å². The van der Waals surface area contributed by atoms with Crippen LogP contribution < -0.4 is 4.74 Å². The number of hydrogen-bond acceptors (Lipinski definition) is 10. The van der Waals surface area contributed by atoms with Crippen molar-refractivity contribution < 1.29 is 38.2 Å². The van der Waals surface area contributed by atoms with Gasteiger partial charge in [-0.3, -0.25) is 19.9 Å². The first-order chi connectivity index (χ1) is 22.3. The van der Waals surface area contributed by atoms with Crippen LogP contribution in [-0.2, 0) is 35.0 Å². The molecular weight excluding hydrogens is 592 g/mol. The first-order valence-electron chi connectivity index (χ1n) is 16.0. The summed E-state index contributed by atoms with van der Waals surface area (Å²) >= 11 is 0.